The normalized spacial score (nSPS) is 13.6. The van der Waals surface area contributed by atoms with Gasteiger partial charge in [-0.1, -0.05) is 268 Å². The molecule has 0 rings (SSSR count). The zero-order valence-corrected chi connectivity index (χ0v) is 41.3. The van der Waals surface area contributed by atoms with Crippen LogP contribution in [0.2, 0.25) is 0 Å². The number of carbonyl (C=O) groups excluding carboxylic acids is 2. The first-order valence-electron chi connectivity index (χ1n) is 26.9. The van der Waals surface area contributed by atoms with Crippen LogP contribution >= 0.6 is 0 Å². The summed E-state index contributed by atoms with van der Waals surface area (Å²) in [5.41, 5.74) is 0. The molecule has 0 aliphatic carbocycles. The molecule has 6 heteroatoms. The molecule has 1 amide bonds. The molecule has 0 aromatic carbocycles. The first-order valence-corrected chi connectivity index (χ1v) is 26.9. The van der Waals surface area contributed by atoms with E-state index in [2.05, 4.69) is 38.2 Å². The number of esters is 1. The summed E-state index contributed by atoms with van der Waals surface area (Å²) in [6, 6.07) is -0.720. The SMILES string of the molecule is CC/C=C/C=C/C=C\C=C/CCCC(CC(=O)NC(CO)C(O)CCCCCCCCCCCCCCC)OC(=O)CCCCCCCCCCCCCCCCCCCCC. The van der Waals surface area contributed by atoms with Crippen molar-refractivity contribution >= 4 is 11.9 Å². The molecule has 0 radical (unpaired) electrons. The lowest BCUT2D eigenvalue weighted by Gasteiger charge is -2.24. The van der Waals surface area contributed by atoms with Crippen molar-refractivity contribution in [3.8, 4) is 0 Å². The van der Waals surface area contributed by atoms with Gasteiger partial charge < -0.3 is 20.3 Å². The summed E-state index contributed by atoms with van der Waals surface area (Å²) < 4.78 is 5.90. The number of unbranched alkanes of at least 4 members (excludes halogenated alkanes) is 31. The average Bonchev–Trinajstić information content (AvgIpc) is 3.26. The molecule has 0 aliphatic rings. The second kappa shape index (κ2) is 49.8. The zero-order valence-electron chi connectivity index (χ0n) is 41.3. The van der Waals surface area contributed by atoms with E-state index in [1.165, 1.54) is 167 Å². The fourth-order valence-electron chi connectivity index (χ4n) is 8.21. The van der Waals surface area contributed by atoms with Gasteiger partial charge in [-0.15, -0.1) is 0 Å². The van der Waals surface area contributed by atoms with Gasteiger partial charge >= 0.3 is 5.97 Å². The van der Waals surface area contributed by atoms with Crippen LogP contribution in [0.4, 0.5) is 0 Å². The monoisotopic (exact) mass is 870 g/mol. The van der Waals surface area contributed by atoms with Crippen molar-refractivity contribution in [2.75, 3.05) is 6.61 Å². The number of hydrogen-bond donors (Lipinski definition) is 3. The first kappa shape index (κ1) is 59.8. The lowest BCUT2D eigenvalue weighted by molar-refractivity contribution is -0.151. The Balaban J connectivity index is 4.50. The highest BCUT2D eigenvalue weighted by molar-refractivity contribution is 5.77. The molecule has 0 aliphatic heterocycles. The van der Waals surface area contributed by atoms with E-state index in [0.29, 0.717) is 19.3 Å². The Morgan fingerprint density at radius 3 is 1.29 bits per heavy atom. The molecule has 0 fully saturated rings. The predicted molar refractivity (Wildman–Crippen MR) is 269 cm³/mol. The smallest absolute Gasteiger partial charge is 0.306 e. The Labute approximate surface area is 385 Å². The number of allylic oxidation sites excluding steroid dienone is 8. The standard InChI is InChI=1S/C56H103NO5/c1-4-7-10-13-16-19-22-24-25-26-27-28-29-31-34-37-40-43-46-49-56(61)62-52(47-44-41-38-35-32-21-18-15-12-9-6-3)50-55(60)57-53(51-58)54(59)48-45-42-39-36-33-30-23-20-17-14-11-8-5-2/h9,12,15,18,21,32,35,38,52-54,58-59H,4-8,10-11,13-14,16-17,19-20,22-31,33-34,36-37,39-51H2,1-3H3,(H,57,60)/b12-9+,18-15+,32-21-,38-35-. The van der Waals surface area contributed by atoms with Crippen LogP contribution < -0.4 is 5.32 Å². The van der Waals surface area contributed by atoms with Gasteiger partial charge in [0.05, 0.1) is 25.2 Å². The third-order valence-corrected chi connectivity index (χ3v) is 12.3. The number of amides is 1. The number of ether oxygens (including phenoxy) is 1. The predicted octanol–water partition coefficient (Wildman–Crippen LogP) is 16.2. The lowest BCUT2D eigenvalue weighted by atomic mass is 10.0. The molecule has 6 nitrogen and oxygen atoms in total. The summed E-state index contributed by atoms with van der Waals surface area (Å²) in [6.45, 7) is 6.34. The van der Waals surface area contributed by atoms with Crippen LogP contribution in [0.5, 0.6) is 0 Å². The lowest BCUT2D eigenvalue weighted by Crippen LogP contribution is -2.46. The van der Waals surface area contributed by atoms with Gasteiger partial charge in [0.15, 0.2) is 0 Å². The quantitative estimate of drug-likeness (QED) is 0.0322. The van der Waals surface area contributed by atoms with E-state index in [1.807, 2.05) is 36.5 Å². The fourth-order valence-corrected chi connectivity index (χ4v) is 8.21. The molecular weight excluding hydrogens is 767 g/mol. The van der Waals surface area contributed by atoms with E-state index in [1.54, 1.807) is 0 Å². The van der Waals surface area contributed by atoms with Gasteiger partial charge in [-0.25, -0.2) is 0 Å². The van der Waals surface area contributed by atoms with Gasteiger partial charge in [-0.3, -0.25) is 9.59 Å². The summed E-state index contributed by atoms with van der Waals surface area (Å²) in [5, 5.41) is 23.7. The van der Waals surface area contributed by atoms with Crippen molar-refractivity contribution in [1.29, 1.82) is 0 Å². The molecule has 3 atom stereocenters. The molecule has 62 heavy (non-hydrogen) atoms. The summed E-state index contributed by atoms with van der Waals surface area (Å²) in [7, 11) is 0. The third kappa shape index (κ3) is 44.4. The number of aliphatic hydroxyl groups excluding tert-OH is 2. The van der Waals surface area contributed by atoms with Crippen LogP contribution in [0.15, 0.2) is 48.6 Å². The van der Waals surface area contributed by atoms with Crippen molar-refractivity contribution in [2.45, 2.75) is 289 Å². The molecule has 0 saturated heterocycles. The number of rotatable bonds is 48. The molecule has 0 spiro atoms. The minimum atomic E-state index is -0.803. The highest BCUT2D eigenvalue weighted by atomic mass is 16.5. The molecular formula is C56H103NO5. The van der Waals surface area contributed by atoms with Gasteiger partial charge in [0.2, 0.25) is 5.91 Å². The minimum Gasteiger partial charge on any atom is -0.462 e. The van der Waals surface area contributed by atoms with Crippen molar-refractivity contribution in [1.82, 2.24) is 5.32 Å². The molecule has 3 unspecified atom stereocenters. The summed E-state index contributed by atoms with van der Waals surface area (Å²) in [4.78, 5) is 26.1. The van der Waals surface area contributed by atoms with Crippen molar-refractivity contribution < 1.29 is 24.5 Å². The van der Waals surface area contributed by atoms with Crippen molar-refractivity contribution in [3.63, 3.8) is 0 Å². The van der Waals surface area contributed by atoms with E-state index in [9.17, 15) is 19.8 Å². The Kier molecular flexibility index (Phi) is 48.1. The third-order valence-electron chi connectivity index (χ3n) is 12.3. The molecule has 0 saturated carbocycles. The minimum absolute atomic E-state index is 0.0343. The topological polar surface area (TPSA) is 95.9 Å². The molecule has 3 N–H and O–H groups in total. The van der Waals surface area contributed by atoms with Gasteiger partial charge in [-0.05, 0) is 38.5 Å². The maximum Gasteiger partial charge on any atom is 0.306 e. The maximum atomic E-state index is 13.2. The second-order valence-electron chi connectivity index (χ2n) is 18.4. The maximum absolute atomic E-state index is 13.2. The Bertz CT molecular complexity index is 1070. The Hall–Kier alpha value is -2.18. The van der Waals surface area contributed by atoms with Gasteiger partial charge in [0.25, 0.3) is 0 Å². The summed E-state index contributed by atoms with van der Waals surface area (Å²) in [5.74, 6) is -0.532. The van der Waals surface area contributed by atoms with Crippen molar-refractivity contribution in [2.24, 2.45) is 0 Å². The second-order valence-corrected chi connectivity index (χ2v) is 18.4. The van der Waals surface area contributed by atoms with E-state index >= 15 is 0 Å². The van der Waals surface area contributed by atoms with Crippen molar-refractivity contribution in [3.05, 3.63) is 48.6 Å². The summed E-state index contributed by atoms with van der Waals surface area (Å²) >= 11 is 0. The number of hydrogen-bond acceptors (Lipinski definition) is 5. The zero-order chi connectivity index (χ0) is 45.2. The number of carbonyl (C=O) groups is 2. The largest absolute Gasteiger partial charge is 0.462 e. The van der Waals surface area contributed by atoms with Gasteiger partial charge in [0, 0.05) is 6.42 Å². The van der Waals surface area contributed by atoms with E-state index in [0.717, 1.165) is 57.8 Å². The van der Waals surface area contributed by atoms with Crippen LogP contribution in [0.3, 0.4) is 0 Å². The van der Waals surface area contributed by atoms with Gasteiger partial charge in [-0.2, -0.15) is 0 Å². The van der Waals surface area contributed by atoms with E-state index in [4.69, 9.17) is 4.74 Å². The molecule has 0 bridgehead atoms. The van der Waals surface area contributed by atoms with E-state index < -0.39 is 18.2 Å². The van der Waals surface area contributed by atoms with Crippen LogP contribution in [-0.4, -0.2) is 46.9 Å². The van der Waals surface area contributed by atoms with E-state index in [-0.39, 0.29) is 24.9 Å². The average molecular weight is 870 g/mol. The van der Waals surface area contributed by atoms with Crippen LogP contribution in [0.1, 0.15) is 271 Å². The fraction of sp³-hybridized carbons (Fsp3) is 0.821. The molecule has 0 aromatic rings. The first-order chi connectivity index (χ1) is 30.5. The molecule has 362 valence electrons. The van der Waals surface area contributed by atoms with Crippen LogP contribution in [0, 0.1) is 0 Å². The Morgan fingerprint density at radius 1 is 0.484 bits per heavy atom. The highest BCUT2D eigenvalue weighted by Crippen LogP contribution is 2.18. The Morgan fingerprint density at radius 2 is 0.871 bits per heavy atom. The number of aliphatic hydroxyl groups is 2. The number of nitrogens with one attached hydrogen (secondary N) is 1. The summed E-state index contributed by atoms with van der Waals surface area (Å²) in [6.07, 6.45) is 60.5. The van der Waals surface area contributed by atoms with Crippen LogP contribution in [-0.2, 0) is 14.3 Å². The molecule has 0 aromatic heterocycles. The highest BCUT2D eigenvalue weighted by Gasteiger charge is 2.24. The van der Waals surface area contributed by atoms with Gasteiger partial charge in [0.1, 0.15) is 6.10 Å². The van der Waals surface area contributed by atoms with Crippen LogP contribution in [0.25, 0.3) is 0 Å². The molecule has 0 heterocycles.